The van der Waals surface area contributed by atoms with Gasteiger partial charge < -0.3 is 4.90 Å². The molecule has 1 aromatic carbocycles. The number of amides is 2. The number of imide groups is 1. The van der Waals surface area contributed by atoms with Crippen LogP contribution in [0.2, 0.25) is 5.02 Å². The molecule has 1 aromatic rings. The van der Waals surface area contributed by atoms with E-state index in [9.17, 15) is 9.59 Å². The molecule has 4 rings (SSSR count). The van der Waals surface area contributed by atoms with Crippen molar-refractivity contribution in [3.05, 3.63) is 40.5 Å². The minimum Gasteiger partial charge on any atom is -0.366 e. The van der Waals surface area contributed by atoms with Gasteiger partial charge in [0.2, 0.25) is 0 Å². The lowest BCUT2D eigenvalue weighted by Gasteiger charge is -2.26. The van der Waals surface area contributed by atoms with Crippen LogP contribution in [0.25, 0.3) is 5.57 Å². The molecule has 0 aromatic heterocycles. The largest absolute Gasteiger partial charge is 0.366 e. The van der Waals surface area contributed by atoms with Crippen LogP contribution in [0.4, 0.5) is 0 Å². The van der Waals surface area contributed by atoms with Gasteiger partial charge in [0, 0.05) is 24.2 Å². The Morgan fingerprint density at radius 3 is 2.04 bits per heavy atom. The topological polar surface area (TPSA) is 40.6 Å². The molecule has 138 valence electrons. The summed E-state index contributed by atoms with van der Waals surface area (Å²) in [7, 11) is 0. The van der Waals surface area contributed by atoms with Gasteiger partial charge in [0.1, 0.15) is 5.70 Å². The van der Waals surface area contributed by atoms with Gasteiger partial charge in [0.25, 0.3) is 11.8 Å². The fourth-order valence-corrected chi connectivity index (χ4v) is 4.62. The Bertz CT molecular complexity index is 727. The van der Waals surface area contributed by atoms with Crippen LogP contribution >= 0.6 is 11.6 Å². The lowest BCUT2D eigenvalue weighted by molar-refractivity contribution is -0.140. The van der Waals surface area contributed by atoms with E-state index in [4.69, 9.17) is 11.6 Å². The van der Waals surface area contributed by atoms with Gasteiger partial charge in [-0.3, -0.25) is 14.5 Å². The zero-order valence-electron chi connectivity index (χ0n) is 15.0. The van der Waals surface area contributed by atoms with Crippen LogP contribution in [0.15, 0.2) is 30.0 Å². The molecule has 2 aliphatic heterocycles. The lowest BCUT2D eigenvalue weighted by Crippen LogP contribution is -2.42. The molecule has 0 N–H and O–H groups in total. The Labute approximate surface area is 159 Å². The molecule has 0 atom stereocenters. The van der Waals surface area contributed by atoms with Gasteiger partial charge in [-0.05, 0) is 43.4 Å². The molecular weight excluding hydrogens is 348 g/mol. The molecule has 1 aliphatic carbocycles. The van der Waals surface area contributed by atoms with Crippen LogP contribution in [0.3, 0.4) is 0 Å². The summed E-state index contributed by atoms with van der Waals surface area (Å²) in [6, 6.07) is 7.33. The first-order valence-electron chi connectivity index (χ1n) is 9.80. The SMILES string of the molecule is O=C1C(c2ccc(Cl)cc2)=C(N2CCCC2)C(=O)N1C1CCCCCC1. The Morgan fingerprint density at radius 1 is 0.808 bits per heavy atom. The average molecular weight is 373 g/mol. The highest BCUT2D eigenvalue weighted by Gasteiger charge is 2.44. The minimum atomic E-state index is -0.119. The van der Waals surface area contributed by atoms with Crippen molar-refractivity contribution in [3.63, 3.8) is 0 Å². The van der Waals surface area contributed by atoms with Crippen LogP contribution in [-0.2, 0) is 9.59 Å². The average Bonchev–Trinajstić information content (AvgIpc) is 3.14. The molecule has 2 fully saturated rings. The molecule has 0 spiro atoms. The number of carbonyl (C=O) groups is 2. The van der Waals surface area contributed by atoms with Crippen molar-refractivity contribution in [1.82, 2.24) is 9.80 Å². The zero-order chi connectivity index (χ0) is 18.1. The van der Waals surface area contributed by atoms with Crippen molar-refractivity contribution in [1.29, 1.82) is 0 Å². The normalized spacial score (nSPS) is 22.5. The summed E-state index contributed by atoms with van der Waals surface area (Å²) in [5.74, 6) is -0.208. The maximum atomic E-state index is 13.4. The summed E-state index contributed by atoms with van der Waals surface area (Å²) in [6.45, 7) is 1.70. The fraction of sp³-hybridized carbons (Fsp3) is 0.524. The van der Waals surface area contributed by atoms with Gasteiger partial charge >= 0.3 is 0 Å². The lowest BCUT2D eigenvalue weighted by atomic mass is 10.0. The second-order valence-electron chi connectivity index (χ2n) is 7.55. The second kappa shape index (κ2) is 7.43. The molecule has 4 nitrogen and oxygen atoms in total. The zero-order valence-corrected chi connectivity index (χ0v) is 15.8. The van der Waals surface area contributed by atoms with E-state index in [2.05, 4.69) is 4.90 Å². The van der Waals surface area contributed by atoms with Crippen molar-refractivity contribution < 1.29 is 9.59 Å². The van der Waals surface area contributed by atoms with Crippen molar-refractivity contribution in [3.8, 4) is 0 Å². The number of likely N-dealkylation sites (tertiary alicyclic amines) is 1. The van der Waals surface area contributed by atoms with Crippen LogP contribution in [0.1, 0.15) is 56.9 Å². The molecule has 5 heteroatoms. The van der Waals surface area contributed by atoms with Crippen LogP contribution in [0.5, 0.6) is 0 Å². The first-order chi connectivity index (χ1) is 12.7. The third-order valence-electron chi connectivity index (χ3n) is 5.84. The Balaban J connectivity index is 1.73. The van der Waals surface area contributed by atoms with E-state index >= 15 is 0 Å². The van der Waals surface area contributed by atoms with Gasteiger partial charge in [0.15, 0.2) is 0 Å². The molecule has 1 saturated heterocycles. The monoisotopic (exact) mass is 372 g/mol. The summed E-state index contributed by atoms with van der Waals surface area (Å²) in [6.07, 6.45) is 8.59. The highest BCUT2D eigenvalue weighted by Crippen LogP contribution is 2.37. The quantitative estimate of drug-likeness (QED) is 0.588. The number of nitrogens with zero attached hydrogens (tertiary/aromatic N) is 2. The summed E-state index contributed by atoms with van der Waals surface area (Å²) in [4.78, 5) is 30.4. The van der Waals surface area contributed by atoms with Crippen LogP contribution in [-0.4, -0.2) is 40.7 Å². The van der Waals surface area contributed by atoms with Crippen molar-refractivity contribution in [2.75, 3.05) is 13.1 Å². The minimum absolute atomic E-state index is 0.0416. The van der Waals surface area contributed by atoms with E-state index < -0.39 is 0 Å². The number of hydrogen-bond acceptors (Lipinski definition) is 3. The summed E-state index contributed by atoms with van der Waals surface area (Å²) < 4.78 is 0. The first-order valence-corrected chi connectivity index (χ1v) is 10.2. The Kier molecular flexibility index (Phi) is 5.03. The van der Waals surface area contributed by atoms with E-state index in [0.29, 0.717) is 16.3 Å². The third-order valence-corrected chi connectivity index (χ3v) is 6.09. The predicted molar refractivity (Wildman–Crippen MR) is 103 cm³/mol. The van der Waals surface area contributed by atoms with Crippen LogP contribution < -0.4 is 0 Å². The summed E-state index contributed by atoms with van der Waals surface area (Å²) in [5, 5.41) is 0.634. The van der Waals surface area contributed by atoms with Gasteiger partial charge in [-0.15, -0.1) is 0 Å². The maximum Gasteiger partial charge on any atom is 0.278 e. The summed E-state index contributed by atoms with van der Waals surface area (Å²) in [5.41, 5.74) is 1.97. The van der Waals surface area contributed by atoms with E-state index in [1.54, 1.807) is 17.0 Å². The predicted octanol–water partition coefficient (Wildman–Crippen LogP) is 4.24. The molecule has 0 bridgehead atoms. The van der Waals surface area contributed by atoms with E-state index in [1.165, 1.54) is 12.8 Å². The third kappa shape index (κ3) is 3.16. The number of carbonyl (C=O) groups excluding carboxylic acids is 2. The number of benzene rings is 1. The highest BCUT2D eigenvalue weighted by atomic mass is 35.5. The molecule has 1 saturated carbocycles. The molecule has 2 heterocycles. The van der Waals surface area contributed by atoms with Gasteiger partial charge in [-0.25, -0.2) is 0 Å². The number of hydrogen-bond donors (Lipinski definition) is 0. The number of rotatable bonds is 3. The van der Waals surface area contributed by atoms with Gasteiger partial charge in [0.05, 0.1) is 5.57 Å². The fourth-order valence-electron chi connectivity index (χ4n) is 4.49. The molecule has 26 heavy (non-hydrogen) atoms. The summed E-state index contributed by atoms with van der Waals surface area (Å²) >= 11 is 6.03. The molecule has 3 aliphatic rings. The van der Waals surface area contributed by atoms with Crippen LogP contribution in [0, 0.1) is 0 Å². The van der Waals surface area contributed by atoms with Gasteiger partial charge in [-0.1, -0.05) is 49.4 Å². The van der Waals surface area contributed by atoms with E-state index in [-0.39, 0.29) is 17.9 Å². The maximum absolute atomic E-state index is 13.4. The van der Waals surface area contributed by atoms with E-state index in [1.807, 2.05) is 12.1 Å². The van der Waals surface area contributed by atoms with Crippen molar-refractivity contribution in [2.45, 2.75) is 57.4 Å². The van der Waals surface area contributed by atoms with Gasteiger partial charge in [-0.2, -0.15) is 0 Å². The molecule has 2 amide bonds. The second-order valence-corrected chi connectivity index (χ2v) is 7.99. The molecule has 0 radical (unpaired) electrons. The number of halogens is 1. The standard InChI is InChI=1S/C21H25ClN2O2/c22-16-11-9-15(10-12-16)18-19(23-13-5-6-14-23)21(26)24(20(18)25)17-7-3-1-2-4-8-17/h9-12,17H,1-8,13-14H2. The molecule has 0 unspecified atom stereocenters. The smallest absolute Gasteiger partial charge is 0.278 e. The van der Waals surface area contributed by atoms with Crippen molar-refractivity contribution in [2.24, 2.45) is 0 Å². The Morgan fingerprint density at radius 2 is 1.42 bits per heavy atom. The highest BCUT2D eigenvalue weighted by molar-refractivity contribution is 6.36. The first kappa shape index (κ1) is 17.6. The molecular formula is C21H25ClN2O2. The van der Waals surface area contributed by atoms with Crippen molar-refractivity contribution >= 4 is 29.0 Å². The van der Waals surface area contributed by atoms with E-state index in [0.717, 1.165) is 57.2 Å². The Hall–Kier alpha value is -1.81.